The summed E-state index contributed by atoms with van der Waals surface area (Å²) in [7, 11) is 0. The maximum atomic E-state index is 11.2. The Labute approximate surface area is 139 Å². The SMILES string of the molecule is CC1CC=C(C(C)C)/C(=N/Nc2ccc([N+](=O)[O-])cc2[N+](=O)[O-])C1. The van der Waals surface area contributed by atoms with Gasteiger partial charge in [-0.25, -0.2) is 0 Å². The highest BCUT2D eigenvalue weighted by atomic mass is 16.6. The summed E-state index contributed by atoms with van der Waals surface area (Å²) in [6, 6.07) is 3.47. The molecule has 0 spiro atoms. The third kappa shape index (κ3) is 3.95. The minimum absolute atomic E-state index is 0.138. The largest absolute Gasteiger partial charge is 0.301 e. The van der Waals surface area contributed by atoms with E-state index in [0.717, 1.165) is 30.2 Å². The number of nitrogens with zero attached hydrogens (tertiary/aromatic N) is 3. The Hall–Kier alpha value is -2.77. The van der Waals surface area contributed by atoms with Crippen molar-refractivity contribution in [2.45, 2.75) is 33.6 Å². The lowest BCUT2D eigenvalue weighted by Gasteiger charge is -2.23. The van der Waals surface area contributed by atoms with Gasteiger partial charge in [0, 0.05) is 6.07 Å². The molecule has 2 rings (SSSR count). The summed E-state index contributed by atoms with van der Waals surface area (Å²) < 4.78 is 0. The zero-order valence-corrected chi connectivity index (χ0v) is 13.9. The molecule has 1 aliphatic rings. The first-order valence-electron chi connectivity index (χ1n) is 7.75. The van der Waals surface area contributed by atoms with E-state index in [0.29, 0.717) is 11.8 Å². The molecule has 8 heteroatoms. The molecule has 0 radical (unpaired) electrons. The van der Waals surface area contributed by atoms with Crippen molar-refractivity contribution in [1.29, 1.82) is 0 Å². The molecule has 0 saturated heterocycles. The van der Waals surface area contributed by atoms with Gasteiger partial charge in [0.1, 0.15) is 5.69 Å². The van der Waals surface area contributed by atoms with Gasteiger partial charge in [-0.1, -0.05) is 26.8 Å². The third-order valence-electron chi connectivity index (χ3n) is 3.94. The van der Waals surface area contributed by atoms with E-state index >= 15 is 0 Å². The van der Waals surface area contributed by atoms with Crippen LogP contribution in [0.1, 0.15) is 33.6 Å². The van der Waals surface area contributed by atoms with Crippen LogP contribution in [-0.4, -0.2) is 15.6 Å². The average molecular weight is 332 g/mol. The maximum Gasteiger partial charge on any atom is 0.301 e. The molecule has 1 aromatic carbocycles. The summed E-state index contributed by atoms with van der Waals surface area (Å²) in [4.78, 5) is 20.6. The first kappa shape index (κ1) is 17.6. The number of benzene rings is 1. The van der Waals surface area contributed by atoms with E-state index in [2.05, 4.69) is 37.4 Å². The van der Waals surface area contributed by atoms with E-state index in [4.69, 9.17) is 0 Å². The second kappa shape index (κ2) is 7.20. The van der Waals surface area contributed by atoms with Gasteiger partial charge in [-0.3, -0.25) is 25.7 Å². The Morgan fingerprint density at radius 1 is 1.25 bits per heavy atom. The van der Waals surface area contributed by atoms with Crippen molar-refractivity contribution in [3.63, 3.8) is 0 Å². The predicted molar refractivity (Wildman–Crippen MR) is 92.1 cm³/mol. The maximum absolute atomic E-state index is 11.2. The van der Waals surface area contributed by atoms with Crippen LogP contribution in [-0.2, 0) is 0 Å². The second-order valence-electron chi connectivity index (χ2n) is 6.25. The minimum Gasteiger partial charge on any atom is -0.271 e. The molecule has 0 amide bonds. The summed E-state index contributed by atoms with van der Waals surface area (Å²) in [5.74, 6) is 0.768. The molecule has 24 heavy (non-hydrogen) atoms. The summed E-state index contributed by atoms with van der Waals surface area (Å²) in [5, 5.41) is 26.3. The molecule has 128 valence electrons. The average Bonchev–Trinajstić information content (AvgIpc) is 2.52. The Morgan fingerprint density at radius 3 is 2.54 bits per heavy atom. The second-order valence-corrected chi connectivity index (χ2v) is 6.25. The fraction of sp³-hybridized carbons (Fsp3) is 0.438. The van der Waals surface area contributed by atoms with Gasteiger partial charge in [0.25, 0.3) is 5.69 Å². The van der Waals surface area contributed by atoms with Crippen LogP contribution in [0.3, 0.4) is 0 Å². The standard InChI is InChI=1S/C16H20N4O4/c1-10(2)13-6-4-11(3)8-15(13)18-17-14-7-5-12(19(21)22)9-16(14)20(23)24/h5-7,9-11,17H,4,8H2,1-3H3/b18-15+. The minimum atomic E-state index is -0.662. The van der Waals surface area contributed by atoms with Crippen LogP contribution in [0.15, 0.2) is 34.9 Å². The topological polar surface area (TPSA) is 111 Å². The number of rotatable bonds is 5. The van der Waals surface area contributed by atoms with Crippen molar-refractivity contribution in [2.24, 2.45) is 16.9 Å². The third-order valence-corrected chi connectivity index (χ3v) is 3.94. The highest BCUT2D eigenvalue weighted by Gasteiger charge is 2.22. The Kier molecular flexibility index (Phi) is 5.28. The van der Waals surface area contributed by atoms with Gasteiger partial charge in [0.15, 0.2) is 0 Å². The molecule has 0 aromatic heterocycles. The lowest BCUT2D eigenvalue weighted by atomic mass is 9.84. The molecule has 1 unspecified atom stereocenters. The molecule has 1 N–H and O–H groups in total. The van der Waals surface area contributed by atoms with Gasteiger partial charge >= 0.3 is 5.69 Å². The van der Waals surface area contributed by atoms with Gasteiger partial charge in [-0.05, 0) is 36.3 Å². The van der Waals surface area contributed by atoms with Crippen molar-refractivity contribution in [2.75, 3.05) is 5.43 Å². The van der Waals surface area contributed by atoms with Crippen LogP contribution in [0, 0.1) is 32.1 Å². The monoisotopic (exact) mass is 332 g/mol. The molecule has 0 saturated carbocycles. The van der Waals surface area contributed by atoms with E-state index in [1.165, 1.54) is 12.1 Å². The fourth-order valence-electron chi connectivity index (χ4n) is 2.66. The summed E-state index contributed by atoms with van der Waals surface area (Å²) in [6.07, 6.45) is 3.94. The van der Waals surface area contributed by atoms with Gasteiger partial charge in [0.05, 0.1) is 21.6 Å². The van der Waals surface area contributed by atoms with E-state index in [1.807, 2.05) is 0 Å². The first-order chi connectivity index (χ1) is 11.3. The number of hydrogen-bond donors (Lipinski definition) is 1. The van der Waals surface area contributed by atoms with E-state index < -0.39 is 9.85 Å². The molecular weight excluding hydrogens is 312 g/mol. The number of nitrogens with one attached hydrogen (secondary N) is 1. The van der Waals surface area contributed by atoms with Crippen molar-refractivity contribution in [3.8, 4) is 0 Å². The van der Waals surface area contributed by atoms with Crippen LogP contribution < -0.4 is 5.43 Å². The van der Waals surface area contributed by atoms with Crippen LogP contribution >= 0.6 is 0 Å². The number of anilines is 1. The molecule has 1 aromatic rings. The van der Waals surface area contributed by atoms with E-state index in [9.17, 15) is 20.2 Å². The molecule has 0 aliphatic heterocycles. The predicted octanol–water partition coefficient (Wildman–Crippen LogP) is 4.28. The lowest BCUT2D eigenvalue weighted by molar-refractivity contribution is -0.393. The van der Waals surface area contributed by atoms with Crippen LogP contribution in [0.5, 0.6) is 0 Å². The van der Waals surface area contributed by atoms with Crippen molar-refractivity contribution >= 4 is 22.8 Å². The lowest BCUT2D eigenvalue weighted by Crippen LogP contribution is -2.18. The summed E-state index contributed by atoms with van der Waals surface area (Å²) >= 11 is 0. The van der Waals surface area contributed by atoms with Crippen molar-refractivity contribution < 1.29 is 9.85 Å². The van der Waals surface area contributed by atoms with E-state index in [-0.39, 0.29) is 17.1 Å². The first-order valence-corrected chi connectivity index (χ1v) is 7.75. The Bertz CT molecular complexity index is 725. The van der Waals surface area contributed by atoms with Crippen LogP contribution in [0.4, 0.5) is 17.1 Å². The zero-order chi connectivity index (χ0) is 17.9. The van der Waals surface area contributed by atoms with Gasteiger partial charge < -0.3 is 0 Å². The zero-order valence-electron chi connectivity index (χ0n) is 13.9. The van der Waals surface area contributed by atoms with Gasteiger partial charge in [-0.15, -0.1) is 0 Å². The summed E-state index contributed by atoms with van der Waals surface area (Å²) in [5.41, 5.74) is 4.17. The number of hydrazone groups is 1. The van der Waals surface area contributed by atoms with E-state index in [1.54, 1.807) is 0 Å². The van der Waals surface area contributed by atoms with Crippen LogP contribution in [0.25, 0.3) is 0 Å². The molecule has 8 nitrogen and oxygen atoms in total. The highest BCUT2D eigenvalue weighted by molar-refractivity contribution is 6.01. The molecular formula is C16H20N4O4. The molecule has 1 atom stereocenters. The number of nitro groups is 2. The summed E-state index contributed by atoms with van der Waals surface area (Å²) in [6.45, 7) is 6.27. The van der Waals surface area contributed by atoms with Crippen molar-refractivity contribution in [1.82, 2.24) is 0 Å². The molecule has 0 bridgehead atoms. The number of non-ortho nitro benzene ring substituents is 1. The van der Waals surface area contributed by atoms with Gasteiger partial charge in [-0.2, -0.15) is 5.10 Å². The Balaban J connectivity index is 2.33. The normalized spacial score (nSPS) is 19.2. The highest BCUT2D eigenvalue weighted by Crippen LogP contribution is 2.30. The fourth-order valence-corrected chi connectivity index (χ4v) is 2.66. The molecule has 0 heterocycles. The number of hydrogen-bond acceptors (Lipinski definition) is 6. The number of allylic oxidation sites excluding steroid dienone is 2. The molecule has 0 fully saturated rings. The smallest absolute Gasteiger partial charge is 0.271 e. The van der Waals surface area contributed by atoms with Gasteiger partial charge in [0.2, 0.25) is 0 Å². The quantitative estimate of drug-likeness (QED) is 0.639. The Morgan fingerprint density at radius 2 is 1.96 bits per heavy atom. The number of nitro benzene ring substituents is 2. The van der Waals surface area contributed by atoms with Crippen LogP contribution in [0.2, 0.25) is 0 Å². The van der Waals surface area contributed by atoms with Crippen molar-refractivity contribution in [3.05, 3.63) is 50.1 Å². The molecule has 1 aliphatic carbocycles.